The van der Waals surface area contributed by atoms with Crippen molar-refractivity contribution in [3.63, 3.8) is 0 Å². The normalized spacial score (nSPS) is 20.6. The Morgan fingerprint density at radius 3 is 2.56 bits per heavy atom. The zero-order valence-corrected chi connectivity index (χ0v) is 15.1. The topological polar surface area (TPSA) is 65.8 Å². The van der Waals surface area contributed by atoms with E-state index in [0.717, 1.165) is 38.9 Å². The molecule has 0 unspecified atom stereocenters. The second-order valence-corrected chi connectivity index (χ2v) is 7.09. The highest BCUT2D eigenvalue weighted by atomic mass is 16.3. The Bertz CT molecular complexity index is 558. The Morgan fingerprint density at radius 1 is 1.24 bits per heavy atom. The van der Waals surface area contributed by atoms with Gasteiger partial charge in [-0.2, -0.15) is 0 Å². The van der Waals surface area contributed by atoms with Crippen molar-refractivity contribution in [3.8, 4) is 0 Å². The van der Waals surface area contributed by atoms with Gasteiger partial charge in [0.05, 0.1) is 12.3 Å². The second-order valence-electron chi connectivity index (χ2n) is 7.09. The van der Waals surface area contributed by atoms with Gasteiger partial charge in [0.25, 0.3) is 5.91 Å². The summed E-state index contributed by atoms with van der Waals surface area (Å²) in [5.41, 5.74) is 0. The van der Waals surface area contributed by atoms with Gasteiger partial charge < -0.3 is 14.6 Å². The molecule has 2 fully saturated rings. The molecule has 0 aromatic carbocycles. The van der Waals surface area contributed by atoms with Gasteiger partial charge in [-0.05, 0) is 37.3 Å². The van der Waals surface area contributed by atoms with Crippen LogP contribution in [0.3, 0.4) is 0 Å². The average Bonchev–Trinajstić information content (AvgIpc) is 3.34. The van der Waals surface area contributed by atoms with Crippen LogP contribution in [0.15, 0.2) is 22.8 Å². The number of amides is 2. The van der Waals surface area contributed by atoms with Gasteiger partial charge in [0.2, 0.25) is 5.91 Å². The second kappa shape index (κ2) is 8.52. The van der Waals surface area contributed by atoms with E-state index in [1.165, 1.54) is 19.1 Å². The minimum absolute atomic E-state index is 0.0464. The van der Waals surface area contributed by atoms with Crippen molar-refractivity contribution in [3.05, 3.63) is 24.2 Å². The third kappa shape index (κ3) is 4.24. The molecular formula is C19H29N3O3. The van der Waals surface area contributed by atoms with Crippen LogP contribution in [-0.4, -0.2) is 60.4 Å². The quantitative estimate of drug-likeness (QED) is 0.856. The van der Waals surface area contributed by atoms with Gasteiger partial charge in [-0.1, -0.05) is 19.8 Å². The Kier molecular flexibility index (Phi) is 6.13. The monoisotopic (exact) mass is 347 g/mol. The number of rotatable bonds is 6. The molecule has 0 spiro atoms. The number of nitrogens with zero attached hydrogens (tertiary/aromatic N) is 2. The first-order valence-corrected chi connectivity index (χ1v) is 9.55. The lowest BCUT2D eigenvalue weighted by atomic mass is 9.95. The Balaban J connectivity index is 1.61. The molecule has 3 rings (SSSR count). The van der Waals surface area contributed by atoms with E-state index >= 15 is 0 Å². The van der Waals surface area contributed by atoms with E-state index in [4.69, 9.17) is 4.42 Å². The van der Waals surface area contributed by atoms with E-state index in [-0.39, 0.29) is 17.9 Å². The summed E-state index contributed by atoms with van der Waals surface area (Å²) in [7, 11) is 0. The SMILES string of the molecule is CCCNC(=O)[C@@H](C1CCCC1)N1CCN(C(=O)c2ccco2)CC1. The summed E-state index contributed by atoms with van der Waals surface area (Å²) in [6, 6.07) is 3.39. The average molecular weight is 347 g/mol. The van der Waals surface area contributed by atoms with Crippen LogP contribution in [0.25, 0.3) is 0 Å². The number of furan rings is 1. The third-order valence-electron chi connectivity index (χ3n) is 5.39. The maximum Gasteiger partial charge on any atom is 0.289 e. The van der Waals surface area contributed by atoms with Gasteiger partial charge in [0.15, 0.2) is 5.76 Å². The molecule has 1 saturated carbocycles. The van der Waals surface area contributed by atoms with Crippen molar-refractivity contribution < 1.29 is 14.0 Å². The van der Waals surface area contributed by atoms with Crippen LogP contribution in [0.1, 0.15) is 49.6 Å². The fourth-order valence-corrected chi connectivity index (χ4v) is 4.06. The highest BCUT2D eigenvalue weighted by Gasteiger charge is 2.37. The maximum absolute atomic E-state index is 12.7. The van der Waals surface area contributed by atoms with Crippen molar-refractivity contribution in [2.45, 2.75) is 45.1 Å². The summed E-state index contributed by atoms with van der Waals surface area (Å²) in [5, 5.41) is 3.09. The van der Waals surface area contributed by atoms with Crippen molar-refractivity contribution >= 4 is 11.8 Å². The molecule has 6 heteroatoms. The summed E-state index contributed by atoms with van der Waals surface area (Å²) >= 11 is 0. The van der Waals surface area contributed by atoms with Gasteiger partial charge in [-0.25, -0.2) is 0 Å². The van der Waals surface area contributed by atoms with Gasteiger partial charge in [-0.15, -0.1) is 0 Å². The molecule has 1 N–H and O–H groups in total. The lowest BCUT2D eigenvalue weighted by Crippen LogP contribution is -2.58. The van der Waals surface area contributed by atoms with Crippen LogP contribution < -0.4 is 5.32 Å². The van der Waals surface area contributed by atoms with Gasteiger partial charge in [0, 0.05) is 32.7 Å². The Hall–Kier alpha value is -1.82. The van der Waals surface area contributed by atoms with Crippen LogP contribution >= 0.6 is 0 Å². The zero-order valence-electron chi connectivity index (χ0n) is 15.1. The van der Waals surface area contributed by atoms with Crippen molar-refractivity contribution in [1.82, 2.24) is 15.1 Å². The standard InChI is InChI=1S/C19H29N3O3/c1-2-9-20-18(23)17(15-6-3-4-7-15)21-10-12-22(13-11-21)19(24)16-8-5-14-25-16/h5,8,14-15,17H,2-4,6-7,9-13H2,1H3,(H,20,23)/t17-/m1/s1. The van der Waals surface area contributed by atoms with E-state index < -0.39 is 0 Å². The molecule has 2 aliphatic rings. The third-order valence-corrected chi connectivity index (χ3v) is 5.39. The van der Waals surface area contributed by atoms with Gasteiger partial charge >= 0.3 is 0 Å². The smallest absolute Gasteiger partial charge is 0.289 e. The molecule has 138 valence electrons. The molecule has 2 amide bonds. The Labute approximate surface area is 149 Å². The van der Waals surface area contributed by atoms with E-state index in [0.29, 0.717) is 24.8 Å². The predicted octanol–water partition coefficient (Wildman–Crippen LogP) is 2.12. The molecule has 6 nitrogen and oxygen atoms in total. The van der Waals surface area contributed by atoms with Crippen LogP contribution in [-0.2, 0) is 4.79 Å². The highest BCUT2D eigenvalue weighted by Crippen LogP contribution is 2.31. The number of nitrogens with one attached hydrogen (secondary N) is 1. The molecule has 1 aliphatic carbocycles. The first-order chi connectivity index (χ1) is 12.2. The molecule has 2 heterocycles. The molecule has 0 bridgehead atoms. The van der Waals surface area contributed by atoms with Crippen LogP contribution in [0.5, 0.6) is 0 Å². The van der Waals surface area contributed by atoms with Crippen molar-refractivity contribution in [1.29, 1.82) is 0 Å². The largest absolute Gasteiger partial charge is 0.459 e. The maximum atomic E-state index is 12.7. The Morgan fingerprint density at radius 2 is 1.96 bits per heavy atom. The first kappa shape index (κ1) is 18.0. The molecule has 1 atom stereocenters. The molecule has 1 aromatic rings. The summed E-state index contributed by atoms with van der Waals surface area (Å²) in [5.74, 6) is 0.947. The lowest BCUT2D eigenvalue weighted by molar-refractivity contribution is -0.129. The number of carbonyl (C=O) groups excluding carboxylic acids is 2. The molecular weight excluding hydrogens is 318 g/mol. The highest BCUT2D eigenvalue weighted by molar-refractivity contribution is 5.91. The molecule has 1 saturated heterocycles. The minimum atomic E-state index is -0.0579. The van der Waals surface area contributed by atoms with E-state index in [1.54, 1.807) is 12.1 Å². The van der Waals surface area contributed by atoms with Crippen LogP contribution in [0.2, 0.25) is 0 Å². The predicted molar refractivity (Wildman–Crippen MR) is 95.2 cm³/mol. The number of hydrogen-bond donors (Lipinski definition) is 1. The summed E-state index contributed by atoms with van der Waals surface area (Å²) in [6.45, 7) is 5.58. The molecule has 25 heavy (non-hydrogen) atoms. The molecule has 1 aromatic heterocycles. The van der Waals surface area contributed by atoms with Gasteiger partial charge in [0.1, 0.15) is 0 Å². The van der Waals surface area contributed by atoms with Gasteiger partial charge in [-0.3, -0.25) is 14.5 Å². The lowest BCUT2D eigenvalue weighted by Gasteiger charge is -2.40. The van der Waals surface area contributed by atoms with E-state index in [9.17, 15) is 9.59 Å². The van der Waals surface area contributed by atoms with Crippen molar-refractivity contribution in [2.75, 3.05) is 32.7 Å². The fourth-order valence-electron chi connectivity index (χ4n) is 4.06. The van der Waals surface area contributed by atoms with Crippen LogP contribution in [0, 0.1) is 5.92 Å². The fraction of sp³-hybridized carbons (Fsp3) is 0.684. The summed E-state index contributed by atoms with van der Waals surface area (Å²) in [4.78, 5) is 29.3. The zero-order chi connectivity index (χ0) is 17.6. The van der Waals surface area contributed by atoms with E-state index in [1.807, 2.05) is 4.90 Å². The van der Waals surface area contributed by atoms with Crippen molar-refractivity contribution in [2.24, 2.45) is 5.92 Å². The first-order valence-electron chi connectivity index (χ1n) is 9.55. The number of hydrogen-bond acceptors (Lipinski definition) is 4. The number of piperazine rings is 1. The molecule has 0 radical (unpaired) electrons. The van der Waals surface area contributed by atoms with E-state index in [2.05, 4.69) is 17.1 Å². The van der Waals surface area contributed by atoms with Crippen LogP contribution in [0.4, 0.5) is 0 Å². The summed E-state index contributed by atoms with van der Waals surface area (Å²) < 4.78 is 5.22. The summed E-state index contributed by atoms with van der Waals surface area (Å²) in [6.07, 6.45) is 7.19. The minimum Gasteiger partial charge on any atom is -0.459 e. The number of carbonyl (C=O) groups is 2. The molecule has 1 aliphatic heterocycles.